The molecule has 7 aromatic carbocycles. The van der Waals surface area contributed by atoms with Crippen molar-refractivity contribution in [3.63, 3.8) is 0 Å². The van der Waals surface area contributed by atoms with Crippen LogP contribution in [-0.2, 0) is 5.41 Å². The Morgan fingerprint density at radius 1 is 0.472 bits per heavy atom. The first-order valence-electron chi connectivity index (χ1n) is 18.0. The first-order chi connectivity index (χ1) is 26.0. The van der Waals surface area contributed by atoms with E-state index in [0.717, 1.165) is 22.4 Å². The van der Waals surface area contributed by atoms with E-state index in [0.29, 0.717) is 17.5 Å². The van der Waals surface area contributed by atoms with Crippen LogP contribution in [0.2, 0.25) is 0 Å². The highest BCUT2D eigenvalue weighted by atomic mass is 32.1. The van der Waals surface area contributed by atoms with Gasteiger partial charge in [0, 0.05) is 54.0 Å². The van der Waals surface area contributed by atoms with Gasteiger partial charge in [-0.05, 0) is 52.6 Å². The first-order valence-corrected chi connectivity index (χ1v) is 18.9. The molecule has 1 aliphatic rings. The molecule has 0 saturated heterocycles. The van der Waals surface area contributed by atoms with Crippen LogP contribution in [0.4, 0.5) is 0 Å². The molecule has 4 nitrogen and oxygen atoms in total. The predicted octanol–water partition coefficient (Wildman–Crippen LogP) is 12.6. The van der Waals surface area contributed by atoms with Gasteiger partial charge in [0.1, 0.15) is 0 Å². The summed E-state index contributed by atoms with van der Waals surface area (Å²) in [6, 6.07) is 56.3. The van der Waals surface area contributed by atoms with E-state index in [-0.39, 0.29) is 5.41 Å². The minimum absolute atomic E-state index is 0.128. The van der Waals surface area contributed by atoms with Crippen LogP contribution < -0.4 is 0 Å². The number of hydrogen-bond acceptors (Lipinski definition) is 4. The van der Waals surface area contributed by atoms with Crippen LogP contribution >= 0.6 is 11.3 Å². The smallest absolute Gasteiger partial charge is 0.164 e. The summed E-state index contributed by atoms with van der Waals surface area (Å²) < 4.78 is 5.01. The highest BCUT2D eigenvalue weighted by Crippen LogP contribution is 2.49. The van der Waals surface area contributed by atoms with Crippen LogP contribution in [0, 0.1) is 0 Å². The average molecular weight is 697 g/mol. The summed E-state index contributed by atoms with van der Waals surface area (Å²) in [5.41, 5.74) is 11.4. The molecular formula is C48H32N4S. The molecule has 10 aromatic rings. The molecule has 53 heavy (non-hydrogen) atoms. The van der Waals surface area contributed by atoms with Crippen LogP contribution in [0.25, 0.3) is 93.0 Å². The Labute approximate surface area is 310 Å². The van der Waals surface area contributed by atoms with Crippen LogP contribution in [0.15, 0.2) is 158 Å². The van der Waals surface area contributed by atoms with E-state index in [1.807, 2.05) is 29.5 Å². The third-order valence-corrected chi connectivity index (χ3v) is 12.2. The summed E-state index contributed by atoms with van der Waals surface area (Å²) in [5.74, 6) is 1.96. The molecule has 1 aliphatic carbocycles. The van der Waals surface area contributed by atoms with Gasteiger partial charge in [-0.1, -0.05) is 141 Å². The zero-order valence-corrected chi connectivity index (χ0v) is 30.0. The molecule has 5 heteroatoms. The summed E-state index contributed by atoms with van der Waals surface area (Å²) in [7, 11) is 0. The third kappa shape index (κ3) is 4.51. The number of fused-ring (bicyclic) bond motifs is 10. The van der Waals surface area contributed by atoms with Crippen LogP contribution in [0.3, 0.4) is 0 Å². The molecule has 250 valence electrons. The van der Waals surface area contributed by atoms with Gasteiger partial charge in [0.25, 0.3) is 0 Å². The molecule has 0 aliphatic heterocycles. The lowest BCUT2D eigenvalue weighted by atomic mass is 9.82. The molecule has 0 bridgehead atoms. The molecule has 0 N–H and O–H groups in total. The maximum Gasteiger partial charge on any atom is 0.164 e. The average Bonchev–Trinajstić information content (AvgIpc) is 3.84. The SMILES string of the molecule is CC1(C)c2ccccc2-c2ccc(-c3nc(-c4ccccc4)nc(-c4cccc(-n5c6ccccc6c6ccc7c8ccccc8sc7c65)c4)n3)cc21. The van der Waals surface area contributed by atoms with Gasteiger partial charge >= 0.3 is 0 Å². The normalized spacial score (nSPS) is 13.2. The van der Waals surface area contributed by atoms with E-state index >= 15 is 0 Å². The third-order valence-electron chi connectivity index (χ3n) is 11.1. The van der Waals surface area contributed by atoms with Crippen molar-refractivity contribution >= 4 is 53.3 Å². The predicted molar refractivity (Wildman–Crippen MR) is 221 cm³/mol. The van der Waals surface area contributed by atoms with Crippen molar-refractivity contribution in [2.45, 2.75) is 19.3 Å². The van der Waals surface area contributed by atoms with Gasteiger partial charge < -0.3 is 4.57 Å². The minimum Gasteiger partial charge on any atom is -0.308 e. The largest absolute Gasteiger partial charge is 0.308 e. The molecule has 0 radical (unpaired) electrons. The lowest BCUT2D eigenvalue weighted by molar-refractivity contribution is 0.660. The molecular weight excluding hydrogens is 665 g/mol. The zero-order chi connectivity index (χ0) is 35.3. The zero-order valence-electron chi connectivity index (χ0n) is 29.2. The minimum atomic E-state index is -0.128. The quantitative estimate of drug-likeness (QED) is 0.184. The van der Waals surface area contributed by atoms with E-state index in [9.17, 15) is 0 Å². The van der Waals surface area contributed by atoms with Gasteiger partial charge in [-0.2, -0.15) is 0 Å². The van der Waals surface area contributed by atoms with Crippen molar-refractivity contribution in [3.8, 4) is 51.0 Å². The Kier molecular flexibility index (Phi) is 6.43. The van der Waals surface area contributed by atoms with Gasteiger partial charge in [-0.25, -0.2) is 15.0 Å². The summed E-state index contributed by atoms with van der Waals surface area (Å²) in [6.07, 6.45) is 0. The summed E-state index contributed by atoms with van der Waals surface area (Å²) in [5, 5.41) is 5.07. The van der Waals surface area contributed by atoms with Crippen molar-refractivity contribution in [1.82, 2.24) is 19.5 Å². The van der Waals surface area contributed by atoms with E-state index in [2.05, 4.69) is 158 Å². The fourth-order valence-corrected chi connectivity index (χ4v) is 9.72. The summed E-state index contributed by atoms with van der Waals surface area (Å²) in [6.45, 7) is 4.62. The molecule has 3 aromatic heterocycles. The molecule has 0 fully saturated rings. The Morgan fingerprint density at radius 2 is 1.11 bits per heavy atom. The standard InChI is InChI=1S/C48H32N4S/c1-48(2)39-20-9-6-17-33(39)34-24-23-31(28-40(34)48)47-50-45(29-13-4-3-5-14-29)49-46(51-47)30-15-12-16-32(27-30)52-41-21-10-7-18-35(41)37-25-26-38-36-19-8-11-22-42(36)53-44(38)43(37)52/h3-28H,1-2H3. The monoisotopic (exact) mass is 696 g/mol. The van der Waals surface area contributed by atoms with Crippen LogP contribution in [0.5, 0.6) is 0 Å². The van der Waals surface area contributed by atoms with Gasteiger partial charge in [-0.15, -0.1) is 11.3 Å². The maximum absolute atomic E-state index is 5.22. The second kappa shape index (κ2) is 11.3. The fourth-order valence-electron chi connectivity index (χ4n) is 8.48. The second-order valence-corrected chi connectivity index (χ2v) is 15.5. The lowest BCUT2D eigenvalue weighted by Crippen LogP contribution is -2.15. The highest BCUT2D eigenvalue weighted by molar-refractivity contribution is 7.26. The van der Waals surface area contributed by atoms with Crippen LogP contribution in [0.1, 0.15) is 25.0 Å². The molecule has 3 heterocycles. The number of thiophene rings is 1. The molecule has 0 amide bonds. The van der Waals surface area contributed by atoms with Crippen molar-refractivity contribution < 1.29 is 0 Å². The molecule has 0 atom stereocenters. The van der Waals surface area contributed by atoms with E-state index in [1.54, 1.807) is 0 Å². The molecule has 0 saturated carbocycles. The van der Waals surface area contributed by atoms with Crippen molar-refractivity contribution in [3.05, 3.63) is 169 Å². The van der Waals surface area contributed by atoms with E-state index < -0.39 is 0 Å². The number of benzene rings is 7. The van der Waals surface area contributed by atoms with Crippen molar-refractivity contribution in [2.24, 2.45) is 0 Å². The van der Waals surface area contributed by atoms with E-state index in [4.69, 9.17) is 15.0 Å². The van der Waals surface area contributed by atoms with Gasteiger partial charge in [0.15, 0.2) is 17.5 Å². The van der Waals surface area contributed by atoms with Gasteiger partial charge in [-0.3, -0.25) is 0 Å². The number of rotatable bonds is 4. The Bertz CT molecular complexity index is 3100. The van der Waals surface area contributed by atoms with Gasteiger partial charge in [0.05, 0.1) is 15.7 Å². The first kappa shape index (κ1) is 30.2. The highest BCUT2D eigenvalue weighted by Gasteiger charge is 2.35. The van der Waals surface area contributed by atoms with Gasteiger partial charge in [0.2, 0.25) is 0 Å². The number of hydrogen-bond donors (Lipinski definition) is 0. The van der Waals surface area contributed by atoms with Crippen molar-refractivity contribution in [2.75, 3.05) is 0 Å². The summed E-state index contributed by atoms with van der Waals surface area (Å²) in [4.78, 5) is 15.5. The number of aromatic nitrogens is 4. The topological polar surface area (TPSA) is 43.6 Å². The molecule has 0 spiro atoms. The Balaban J connectivity index is 1.12. The second-order valence-electron chi connectivity index (χ2n) is 14.4. The van der Waals surface area contributed by atoms with E-state index in [1.165, 1.54) is 64.2 Å². The molecule has 0 unspecified atom stereocenters. The van der Waals surface area contributed by atoms with Crippen molar-refractivity contribution in [1.29, 1.82) is 0 Å². The number of para-hydroxylation sites is 1. The number of nitrogens with zero attached hydrogens (tertiary/aromatic N) is 4. The Hall–Kier alpha value is -6.43. The fraction of sp³-hybridized carbons (Fsp3) is 0.0625. The summed E-state index contributed by atoms with van der Waals surface area (Å²) >= 11 is 1.87. The maximum atomic E-state index is 5.22. The molecule has 11 rings (SSSR count). The Morgan fingerprint density at radius 3 is 1.96 bits per heavy atom. The van der Waals surface area contributed by atoms with Crippen LogP contribution in [-0.4, -0.2) is 19.5 Å². The lowest BCUT2D eigenvalue weighted by Gasteiger charge is -2.21.